The highest BCUT2D eigenvalue weighted by Gasteiger charge is 2.17. The molecule has 0 bridgehead atoms. The van der Waals surface area contributed by atoms with Crippen LogP contribution in [0.5, 0.6) is 0 Å². The summed E-state index contributed by atoms with van der Waals surface area (Å²) in [7, 11) is 1.73. The van der Waals surface area contributed by atoms with Crippen LogP contribution in [0.1, 0.15) is 35.0 Å². The second-order valence-corrected chi connectivity index (χ2v) is 8.16. The van der Waals surface area contributed by atoms with Crippen LogP contribution in [0.25, 0.3) is 0 Å². The van der Waals surface area contributed by atoms with Crippen LogP contribution in [-0.2, 0) is 17.8 Å². The van der Waals surface area contributed by atoms with E-state index in [2.05, 4.69) is 20.2 Å². The van der Waals surface area contributed by atoms with Crippen molar-refractivity contribution in [1.29, 1.82) is 0 Å². The predicted octanol–water partition coefficient (Wildman–Crippen LogP) is 2.60. The van der Waals surface area contributed by atoms with Gasteiger partial charge in [-0.25, -0.2) is 9.97 Å². The van der Waals surface area contributed by atoms with Crippen LogP contribution in [-0.4, -0.2) is 53.1 Å². The van der Waals surface area contributed by atoms with Gasteiger partial charge in [-0.1, -0.05) is 0 Å². The maximum Gasteiger partial charge on any atom is 0.180 e. The van der Waals surface area contributed by atoms with Gasteiger partial charge in [0, 0.05) is 49.7 Å². The molecule has 2 N–H and O–H groups in total. The Balaban J connectivity index is 1.51. The van der Waals surface area contributed by atoms with Gasteiger partial charge in [-0.05, 0) is 26.4 Å². The Morgan fingerprint density at radius 2 is 2.00 bits per heavy atom. The SMILES string of the molecule is COC(C)c1nc(CN2CCCN(Cc3cnc(N)s3)CC2)cs1. The zero-order chi connectivity index (χ0) is 16.9. The molecule has 1 unspecified atom stereocenters. The largest absolute Gasteiger partial charge is 0.375 e. The Hall–Kier alpha value is -1.06. The summed E-state index contributed by atoms with van der Waals surface area (Å²) in [6.07, 6.45) is 3.16. The Kier molecular flexibility index (Phi) is 6.18. The van der Waals surface area contributed by atoms with Gasteiger partial charge in [-0.3, -0.25) is 9.80 Å². The molecule has 1 saturated heterocycles. The van der Waals surface area contributed by atoms with Gasteiger partial charge in [0.25, 0.3) is 0 Å². The molecule has 132 valence electrons. The van der Waals surface area contributed by atoms with Crippen molar-refractivity contribution >= 4 is 27.8 Å². The van der Waals surface area contributed by atoms with Gasteiger partial charge >= 0.3 is 0 Å². The van der Waals surface area contributed by atoms with Gasteiger partial charge in [0.2, 0.25) is 0 Å². The molecule has 0 radical (unpaired) electrons. The van der Waals surface area contributed by atoms with E-state index in [0.29, 0.717) is 5.13 Å². The van der Waals surface area contributed by atoms with E-state index in [4.69, 9.17) is 15.5 Å². The molecule has 24 heavy (non-hydrogen) atoms. The quantitative estimate of drug-likeness (QED) is 0.846. The number of nitrogens with two attached hydrogens (primary N) is 1. The van der Waals surface area contributed by atoms with E-state index < -0.39 is 0 Å². The molecule has 0 aromatic carbocycles. The molecular weight excluding hydrogens is 342 g/mol. The minimum absolute atomic E-state index is 0.0789. The van der Waals surface area contributed by atoms with E-state index in [9.17, 15) is 0 Å². The van der Waals surface area contributed by atoms with Crippen molar-refractivity contribution < 1.29 is 4.74 Å². The van der Waals surface area contributed by atoms with Crippen LogP contribution in [0.2, 0.25) is 0 Å². The van der Waals surface area contributed by atoms with Crippen LogP contribution in [0.3, 0.4) is 0 Å². The first-order chi connectivity index (χ1) is 11.6. The zero-order valence-electron chi connectivity index (χ0n) is 14.3. The molecule has 3 heterocycles. The highest BCUT2D eigenvalue weighted by molar-refractivity contribution is 7.15. The highest BCUT2D eigenvalue weighted by atomic mass is 32.1. The maximum atomic E-state index is 5.72. The van der Waals surface area contributed by atoms with E-state index in [-0.39, 0.29) is 6.10 Å². The summed E-state index contributed by atoms with van der Waals surface area (Å²) >= 11 is 3.28. The van der Waals surface area contributed by atoms with Crippen molar-refractivity contribution in [2.75, 3.05) is 39.0 Å². The molecule has 3 rings (SSSR count). The Labute approximate surface area is 151 Å². The summed E-state index contributed by atoms with van der Waals surface area (Å²) in [5.74, 6) is 0. The van der Waals surface area contributed by atoms with Gasteiger partial charge in [-0.15, -0.1) is 22.7 Å². The van der Waals surface area contributed by atoms with Gasteiger partial charge in [0.15, 0.2) is 5.13 Å². The average molecular weight is 368 g/mol. The molecule has 6 nitrogen and oxygen atoms in total. The third kappa shape index (κ3) is 4.73. The Morgan fingerprint density at radius 1 is 1.25 bits per heavy atom. The second-order valence-electron chi connectivity index (χ2n) is 6.13. The molecule has 0 spiro atoms. The monoisotopic (exact) mass is 367 g/mol. The van der Waals surface area contributed by atoms with Crippen LogP contribution in [0.15, 0.2) is 11.6 Å². The molecule has 0 saturated carbocycles. The number of rotatable bonds is 6. The fourth-order valence-electron chi connectivity index (χ4n) is 2.87. The minimum Gasteiger partial charge on any atom is -0.375 e. The summed E-state index contributed by atoms with van der Waals surface area (Å²) < 4.78 is 5.35. The number of anilines is 1. The van der Waals surface area contributed by atoms with Gasteiger partial charge < -0.3 is 10.5 Å². The van der Waals surface area contributed by atoms with Crippen molar-refractivity contribution in [3.05, 3.63) is 27.2 Å². The zero-order valence-corrected chi connectivity index (χ0v) is 15.9. The van der Waals surface area contributed by atoms with E-state index in [0.717, 1.165) is 50.0 Å². The summed E-state index contributed by atoms with van der Waals surface area (Å²) in [5, 5.41) is 3.88. The highest BCUT2D eigenvalue weighted by Crippen LogP contribution is 2.22. The molecule has 8 heteroatoms. The lowest BCUT2D eigenvalue weighted by Crippen LogP contribution is -2.30. The lowest BCUT2D eigenvalue weighted by Gasteiger charge is -2.20. The Morgan fingerprint density at radius 3 is 2.67 bits per heavy atom. The van der Waals surface area contributed by atoms with Crippen molar-refractivity contribution in [2.45, 2.75) is 32.5 Å². The Bertz CT molecular complexity index is 644. The number of aromatic nitrogens is 2. The summed E-state index contributed by atoms with van der Waals surface area (Å²) in [6, 6.07) is 0. The lowest BCUT2D eigenvalue weighted by molar-refractivity contribution is 0.119. The number of nitrogens with zero attached hydrogens (tertiary/aromatic N) is 4. The van der Waals surface area contributed by atoms with Crippen molar-refractivity contribution in [1.82, 2.24) is 19.8 Å². The van der Waals surface area contributed by atoms with E-state index in [1.807, 2.05) is 13.1 Å². The lowest BCUT2D eigenvalue weighted by atomic mass is 10.3. The first-order valence-corrected chi connectivity index (χ1v) is 9.95. The average Bonchev–Trinajstić information content (AvgIpc) is 3.14. The number of thiazole rings is 2. The second kappa shape index (κ2) is 8.35. The summed E-state index contributed by atoms with van der Waals surface area (Å²) in [6.45, 7) is 8.30. The van der Waals surface area contributed by atoms with Crippen LogP contribution in [0.4, 0.5) is 5.13 Å². The first-order valence-electron chi connectivity index (χ1n) is 8.26. The maximum absolute atomic E-state index is 5.72. The smallest absolute Gasteiger partial charge is 0.180 e. The molecule has 1 fully saturated rings. The standard InChI is InChI=1S/C16H25N5OS2/c1-12(22-2)15-19-13(11-23-15)9-20-4-3-5-21(7-6-20)10-14-8-18-16(17)24-14/h8,11-12H,3-7,9-10H2,1-2H3,(H2,17,18). The number of methoxy groups -OCH3 is 1. The number of nitrogen functional groups attached to an aromatic ring is 1. The van der Waals surface area contributed by atoms with Gasteiger partial charge in [-0.2, -0.15) is 0 Å². The van der Waals surface area contributed by atoms with Crippen molar-refractivity contribution in [3.8, 4) is 0 Å². The molecule has 2 aromatic rings. The number of ether oxygens (including phenoxy) is 1. The van der Waals surface area contributed by atoms with Crippen molar-refractivity contribution in [2.24, 2.45) is 0 Å². The third-order valence-electron chi connectivity index (χ3n) is 4.29. The number of hydrogen-bond acceptors (Lipinski definition) is 8. The third-order valence-corrected chi connectivity index (χ3v) is 6.15. The summed E-state index contributed by atoms with van der Waals surface area (Å²) in [5.41, 5.74) is 6.88. The van der Waals surface area contributed by atoms with Gasteiger partial charge in [0.1, 0.15) is 11.1 Å². The normalized spacial score (nSPS) is 18.6. The molecular formula is C16H25N5OS2. The molecule has 2 aromatic heterocycles. The molecule has 1 aliphatic rings. The number of hydrogen-bond donors (Lipinski definition) is 1. The molecule has 0 amide bonds. The van der Waals surface area contributed by atoms with Crippen LogP contribution in [0, 0.1) is 0 Å². The van der Waals surface area contributed by atoms with Crippen molar-refractivity contribution in [3.63, 3.8) is 0 Å². The van der Waals surface area contributed by atoms with Crippen LogP contribution >= 0.6 is 22.7 Å². The molecule has 1 aliphatic heterocycles. The minimum atomic E-state index is 0.0789. The fourth-order valence-corrected chi connectivity index (χ4v) is 4.44. The van der Waals surface area contributed by atoms with Crippen LogP contribution < -0.4 is 5.73 Å². The summed E-state index contributed by atoms with van der Waals surface area (Å²) in [4.78, 5) is 15.1. The van der Waals surface area contributed by atoms with E-state index >= 15 is 0 Å². The first kappa shape index (κ1) is 17.8. The van der Waals surface area contributed by atoms with E-state index in [1.165, 1.54) is 11.3 Å². The molecule has 1 atom stereocenters. The van der Waals surface area contributed by atoms with Gasteiger partial charge in [0.05, 0.1) is 5.69 Å². The van der Waals surface area contributed by atoms with E-state index in [1.54, 1.807) is 29.8 Å². The fraction of sp³-hybridized carbons (Fsp3) is 0.625. The predicted molar refractivity (Wildman–Crippen MR) is 99.2 cm³/mol. The molecule has 0 aliphatic carbocycles. The topological polar surface area (TPSA) is 67.5 Å².